The highest BCUT2D eigenvalue weighted by molar-refractivity contribution is 5.95. The number of carbonyl (C=O) groups excluding carboxylic acids is 1. The highest BCUT2D eigenvalue weighted by atomic mass is 19.1. The Bertz CT molecular complexity index is 805. The van der Waals surface area contributed by atoms with Crippen molar-refractivity contribution in [3.63, 3.8) is 0 Å². The molecule has 0 aliphatic carbocycles. The summed E-state index contributed by atoms with van der Waals surface area (Å²) in [4.78, 5) is 19.3. The normalized spacial score (nSPS) is 15.5. The Kier molecular flexibility index (Phi) is 7.23. The SMILES string of the molecule is COc1ccc(F)cc1CN1CCN(CC(=O)N(c2ccccc2)C(C)C)CC1. The molecule has 156 valence electrons. The number of piperazine rings is 1. The quantitative estimate of drug-likeness (QED) is 0.715. The van der Waals surface area contributed by atoms with Gasteiger partial charge in [-0.15, -0.1) is 0 Å². The maximum absolute atomic E-state index is 13.6. The molecule has 2 aromatic rings. The van der Waals surface area contributed by atoms with Gasteiger partial charge in [0.2, 0.25) is 5.91 Å². The first-order valence-electron chi connectivity index (χ1n) is 10.1. The van der Waals surface area contributed by atoms with Gasteiger partial charge in [0.05, 0.1) is 13.7 Å². The average Bonchev–Trinajstić information content (AvgIpc) is 2.70. The molecule has 5 nitrogen and oxygen atoms in total. The number of carbonyl (C=O) groups is 1. The highest BCUT2D eigenvalue weighted by Gasteiger charge is 2.24. The molecule has 0 bridgehead atoms. The molecule has 1 aliphatic heterocycles. The second-order valence-corrected chi connectivity index (χ2v) is 7.70. The van der Waals surface area contributed by atoms with E-state index < -0.39 is 0 Å². The number of methoxy groups -OCH3 is 1. The summed E-state index contributed by atoms with van der Waals surface area (Å²) in [6.07, 6.45) is 0. The van der Waals surface area contributed by atoms with Gasteiger partial charge in [0.15, 0.2) is 0 Å². The summed E-state index contributed by atoms with van der Waals surface area (Å²) < 4.78 is 19.0. The molecule has 2 aromatic carbocycles. The molecule has 0 unspecified atom stereocenters. The van der Waals surface area contributed by atoms with E-state index in [1.54, 1.807) is 13.2 Å². The van der Waals surface area contributed by atoms with Crippen LogP contribution >= 0.6 is 0 Å². The van der Waals surface area contributed by atoms with E-state index in [0.717, 1.165) is 37.4 Å². The number of anilines is 1. The van der Waals surface area contributed by atoms with E-state index in [9.17, 15) is 9.18 Å². The summed E-state index contributed by atoms with van der Waals surface area (Å²) in [7, 11) is 1.60. The first kappa shape index (κ1) is 21.3. The van der Waals surface area contributed by atoms with E-state index in [1.807, 2.05) is 49.1 Å². The van der Waals surface area contributed by atoms with Gasteiger partial charge >= 0.3 is 0 Å². The van der Waals surface area contributed by atoms with Gasteiger partial charge in [0, 0.05) is 50.0 Å². The first-order valence-corrected chi connectivity index (χ1v) is 10.1. The van der Waals surface area contributed by atoms with Crippen molar-refractivity contribution in [1.82, 2.24) is 9.80 Å². The molecule has 0 spiro atoms. The summed E-state index contributed by atoms with van der Waals surface area (Å²) in [5.41, 5.74) is 1.79. The number of nitrogens with zero attached hydrogens (tertiary/aromatic N) is 3. The van der Waals surface area contributed by atoms with Gasteiger partial charge in [-0.2, -0.15) is 0 Å². The third-order valence-electron chi connectivity index (χ3n) is 5.28. The smallest absolute Gasteiger partial charge is 0.241 e. The van der Waals surface area contributed by atoms with Crippen LogP contribution in [0.2, 0.25) is 0 Å². The van der Waals surface area contributed by atoms with Gasteiger partial charge in [-0.05, 0) is 44.2 Å². The molecule has 0 aromatic heterocycles. The van der Waals surface area contributed by atoms with Crippen LogP contribution in [0, 0.1) is 5.82 Å². The predicted octanol–water partition coefficient (Wildman–Crippen LogP) is 3.39. The van der Waals surface area contributed by atoms with Crippen LogP contribution in [0.1, 0.15) is 19.4 Å². The molecule has 29 heavy (non-hydrogen) atoms. The number of hydrogen-bond acceptors (Lipinski definition) is 4. The first-order chi connectivity index (χ1) is 14.0. The molecular weight excluding hydrogens is 369 g/mol. The largest absolute Gasteiger partial charge is 0.496 e. The zero-order chi connectivity index (χ0) is 20.8. The molecule has 1 heterocycles. The van der Waals surface area contributed by atoms with Gasteiger partial charge < -0.3 is 9.64 Å². The lowest BCUT2D eigenvalue weighted by molar-refractivity contribution is -0.120. The topological polar surface area (TPSA) is 36.0 Å². The summed E-state index contributed by atoms with van der Waals surface area (Å²) in [5, 5.41) is 0. The summed E-state index contributed by atoms with van der Waals surface area (Å²) in [6, 6.07) is 14.5. The van der Waals surface area contributed by atoms with Crippen LogP contribution in [0.4, 0.5) is 10.1 Å². The van der Waals surface area contributed by atoms with E-state index in [1.165, 1.54) is 12.1 Å². The molecule has 1 saturated heterocycles. The Labute approximate surface area is 172 Å². The van der Waals surface area contributed by atoms with Crippen molar-refractivity contribution >= 4 is 11.6 Å². The molecule has 1 amide bonds. The molecule has 1 aliphatic rings. The molecule has 0 atom stereocenters. The van der Waals surface area contributed by atoms with Crippen LogP contribution in [0.25, 0.3) is 0 Å². The molecule has 0 radical (unpaired) electrons. The molecule has 3 rings (SSSR count). The number of benzene rings is 2. The highest BCUT2D eigenvalue weighted by Crippen LogP contribution is 2.22. The molecule has 0 saturated carbocycles. The molecule has 0 N–H and O–H groups in total. The maximum atomic E-state index is 13.6. The monoisotopic (exact) mass is 399 g/mol. The predicted molar refractivity (Wildman–Crippen MR) is 114 cm³/mol. The number of para-hydroxylation sites is 1. The van der Waals surface area contributed by atoms with Crippen molar-refractivity contribution in [2.24, 2.45) is 0 Å². The van der Waals surface area contributed by atoms with Gasteiger partial charge in [-0.25, -0.2) is 4.39 Å². The number of hydrogen-bond donors (Lipinski definition) is 0. The molecular formula is C23H30FN3O2. The number of halogens is 1. The Morgan fingerprint density at radius 3 is 2.34 bits per heavy atom. The Balaban J connectivity index is 1.55. The van der Waals surface area contributed by atoms with Crippen molar-refractivity contribution in [1.29, 1.82) is 0 Å². The van der Waals surface area contributed by atoms with Crippen molar-refractivity contribution in [2.75, 3.05) is 44.7 Å². The fraction of sp³-hybridized carbons (Fsp3) is 0.435. The fourth-order valence-corrected chi connectivity index (χ4v) is 3.80. The molecule has 1 fully saturated rings. The zero-order valence-electron chi connectivity index (χ0n) is 17.5. The van der Waals surface area contributed by atoms with E-state index in [-0.39, 0.29) is 17.8 Å². The Morgan fingerprint density at radius 1 is 1.07 bits per heavy atom. The van der Waals surface area contributed by atoms with Crippen LogP contribution in [-0.4, -0.2) is 61.6 Å². The zero-order valence-corrected chi connectivity index (χ0v) is 17.5. The summed E-state index contributed by atoms with van der Waals surface area (Å²) >= 11 is 0. The average molecular weight is 400 g/mol. The minimum absolute atomic E-state index is 0.103. The lowest BCUT2D eigenvalue weighted by Crippen LogP contribution is -2.50. The lowest BCUT2D eigenvalue weighted by Gasteiger charge is -2.36. The number of rotatable bonds is 7. The Hall–Kier alpha value is -2.44. The van der Waals surface area contributed by atoms with Gasteiger partial charge in [0.1, 0.15) is 11.6 Å². The van der Waals surface area contributed by atoms with Crippen molar-refractivity contribution < 1.29 is 13.9 Å². The summed E-state index contributed by atoms with van der Waals surface area (Å²) in [6.45, 7) is 8.41. The number of ether oxygens (including phenoxy) is 1. The van der Waals surface area contributed by atoms with Crippen LogP contribution in [0.5, 0.6) is 5.75 Å². The van der Waals surface area contributed by atoms with Crippen molar-refractivity contribution in [3.8, 4) is 5.75 Å². The third-order valence-corrected chi connectivity index (χ3v) is 5.28. The number of amides is 1. The second-order valence-electron chi connectivity index (χ2n) is 7.70. The standard InChI is InChI=1S/C23H30FN3O2/c1-18(2)27(21-7-5-4-6-8-21)23(28)17-26-13-11-25(12-14-26)16-19-15-20(24)9-10-22(19)29-3/h4-10,15,18H,11-14,16-17H2,1-3H3. The van der Waals surface area contributed by atoms with E-state index in [4.69, 9.17) is 4.74 Å². The maximum Gasteiger partial charge on any atom is 0.241 e. The molecule has 6 heteroatoms. The Morgan fingerprint density at radius 2 is 1.72 bits per heavy atom. The van der Waals surface area contributed by atoms with Crippen molar-refractivity contribution in [3.05, 3.63) is 59.9 Å². The van der Waals surface area contributed by atoms with Crippen LogP contribution < -0.4 is 9.64 Å². The minimum Gasteiger partial charge on any atom is -0.496 e. The van der Waals surface area contributed by atoms with Crippen LogP contribution in [0.3, 0.4) is 0 Å². The lowest BCUT2D eigenvalue weighted by atomic mass is 10.1. The fourth-order valence-electron chi connectivity index (χ4n) is 3.80. The van der Waals surface area contributed by atoms with E-state index in [2.05, 4.69) is 9.80 Å². The van der Waals surface area contributed by atoms with Crippen LogP contribution in [0.15, 0.2) is 48.5 Å². The minimum atomic E-state index is -0.250. The van der Waals surface area contributed by atoms with E-state index >= 15 is 0 Å². The van der Waals surface area contributed by atoms with Gasteiger partial charge in [0.25, 0.3) is 0 Å². The second kappa shape index (κ2) is 9.85. The summed E-state index contributed by atoms with van der Waals surface area (Å²) in [5.74, 6) is 0.575. The third kappa shape index (κ3) is 5.55. The van der Waals surface area contributed by atoms with Gasteiger partial charge in [-0.1, -0.05) is 18.2 Å². The van der Waals surface area contributed by atoms with Gasteiger partial charge in [-0.3, -0.25) is 14.6 Å². The van der Waals surface area contributed by atoms with Crippen LogP contribution in [-0.2, 0) is 11.3 Å². The van der Waals surface area contributed by atoms with E-state index in [0.29, 0.717) is 18.8 Å². The van der Waals surface area contributed by atoms with Crippen molar-refractivity contribution in [2.45, 2.75) is 26.4 Å².